The molecule has 6 nitrogen and oxygen atoms in total. The van der Waals surface area contributed by atoms with Crippen molar-refractivity contribution in [3.63, 3.8) is 0 Å². The zero-order chi connectivity index (χ0) is 31.3. The fraction of sp³-hybridized carbons (Fsp3) is 0.122. The summed E-state index contributed by atoms with van der Waals surface area (Å²) in [4.78, 5) is 11.2. The Morgan fingerprint density at radius 3 is 1.55 bits per heavy atom. The molecule has 2 unspecified atom stereocenters. The molecule has 2 atom stereocenters. The van der Waals surface area contributed by atoms with Crippen molar-refractivity contribution < 1.29 is 0 Å². The van der Waals surface area contributed by atoms with Crippen molar-refractivity contribution in [3.05, 3.63) is 139 Å². The van der Waals surface area contributed by atoms with Gasteiger partial charge in [0.2, 0.25) is 17.7 Å². The summed E-state index contributed by atoms with van der Waals surface area (Å²) in [6, 6.07) is 43.1. The predicted molar refractivity (Wildman–Crippen MR) is 195 cm³/mol. The number of hydrogen-bond acceptors (Lipinski definition) is 3. The molecule has 1 N–H and O–H groups in total. The Hall–Kier alpha value is -5.88. The molecule has 2 aliphatic rings. The quantitative estimate of drug-likeness (QED) is 0.198. The van der Waals surface area contributed by atoms with Gasteiger partial charge in [-0.25, -0.2) is 9.98 Å². The summed E-state index contributed by atoms with van der Waals surface area (Å²) < 4.78 is 6.89. The van der Waals surface area contributed by atoms with Gasteiger partial charge >= 0.3 is 0 Å². The molecule has 1 aliphatic heterocycles. The van der Waals surface area contributed by atoms with Gasteiger partial charge in [-0.3, -0.25) is 19.0 Å². The molecule has 0 saturated heterocycles. The van der Waals surface area contributed by atoms with Crippen LogP contribution in [-0.2, 0) is 5.79 Å². The second-order valence-corrected chi connectivity index (χ2v) is 12.9. The highest BCUT2D eigenvalue weighted by molar-refractivity contribution is 6.17. The maximum absolute atomic E-state index is 5.60. The minimum atomic E-state index is -1.02. The average Bonchev–Trinajstić information content (AvgIpc) is 3.75. The number of hydrogen-bond donors (Lipinski definition) is 1. The van der Waals surface area contributed by atoms with Crippen molar-refractivity contribution in [3.8, 4) is 0 Å². The molecule has 10 rings (SSSR count). The van der Waals surface area contributed by atoms with Crippen molar-refractivity contribution in [2.24, 2.45) is 9.98 Å². The first-order valence-corrected chi connectivity index (χ1v) is 16.3. The zero-order valence-corrected chi connectivity index (χ0v) is 26.2. The molecule has 8 aromatic rings. The van der Waals surface area contributed by atoms with Crippen LogP contribution in [-0.4, -0.2) is 25.6 Å². The van der Waals surface area contributed by atoms with E-state index in [2.05, 4.69) is 166 Å². The molecule has 0 bridgehead atoms. The number of nitrogens with zero attached hydrogens (tertiary/aromatic N) is 5. The first kappa shape index (κ1) is 26.3. The Morgan fingerprint density at radius 2 is 1.00 bits per heavy atom. The summed E-state index contributed by atoms with van der Waals surface area (Å²) in [5.41, 5.74) is 8.06. The molecule has 0 spiro atoms. The van der Waals surface area contributed by atoms with Crippen LogP contribution < -0.4 is 5.32 Å². The van der Waals surface area contributed by atoms with Crippen LogP contribution in [0.3, 0.4) is 0 Å². The molecule has 0 amide bonds. The monoisotopic (exact) mass is 608 g/mol. The van der Waals surface area contributed by atoms with Crippen LogP contribution in [0, 0.1) is 0 Å². The van der Waals surface area contributed by atoms with Crippen LogP contribution in [0.4, 0.5) is 0 Å². The molecule has 3 aromatic heterocycles. The van der Waals surface area contributed by atoms with Gasteiger partial charge in [-0.1, -0.05) is 104 Å². The molecular formula is C41H32N6. The summed E-state index contributed by atoms with van der Waals surface area (Å²) in [6.45, 7) is 4.46. The number of allylic oxidation sites excluding steroid dienone is 1. The minimum absolute atomic E-state index is 0.402. The SMILES string of the molecule is CC1CC=Cc2c1c1ccccc1n2C1=NC(C)(n2c3ccccc3c3ccccc32)N=C(n2c3ccccc3c3ccccc32)N1. The molecule has 226 valence electrons. The molecule has 5 aromatic carbocycles. The van der Waals surface area contributed by atoms with Crippen molar-refractivity contribution >= 4 is 72.5 Å². The molecule has 47 heavy (non-hydrogen) atoms. The van der Waals surface area contributed by atoms with Gasteiger partial charge in [0.05, 0.1) is 33.3 Å². The lowest BCUT2D eigenvalue weighted by Crippen LogP contribution is -2.48. The van der Waals surface area contributed by atoms with Crippen LogP contribution >= 0.6 is 0 Å². The summed E-state index contributed by atoms with van der Waals surface area (Å²) in [7, 11) is 0. The van der Waals surface area contributed by atoms with Crippen molar-refractivity contribution in [1.29, 1.82) is 0 Å². The van der Waals surface area contributed by atoms with Gasteiger partial charge in [0.15, 0.2) is 0 Å². The lowest BCUT2D eigenvalue weighted by atomic mass is 9.91. The number of para-hydroxylation sites is 5. The third-order valence-corrected chi connectivity index (χ3v) is 10.1. The van der Waals surface area contributed by atoms with Gasteiger partial charge < -0.3 is 0 Å². The van der Waals surface area contributed by atoms with Gasteiger partial charge in [-0.15, -0.1) is 0 Å². The van der Waals surface area contributed by atoms with E-state index < -0.39 is 5.79 Å². The molecule has 6 heteroatoms. The second kappa shape index (κ2) is 9.56. The van der Waals surface area contributed by atoms with E-state index in [0.717, 1.165) is 45.9 Å². The first-order valence-electron chi connectivity index (χ1n) is 16.3. The van der Waals surface area contributed by atoms with Crippen LogP contribution in [0.5, 0.6) is 0 Å². The van der Waals surface area contributed by atoms with Crippen LogP contribution in [0.1, 0.15) is 37.4 Å². The Bertz CT molecular complexity index is 2570. The largest absolute Gasteiger partial charge is 0.297 e. The van der Waals surface area contributed by atoms with E-state index in [4.69, 9.17) is 9.98 Å². The van der Waals surface area contributed by atoms with Gasteiger partial charge in [0.1, 0.15) is 0 Å². The van der Waals surface area contributed by atoms with Crippen molar-refractivity contribution in [1.82, 2.24) is 19.0 Å². The third kappa shape index (κ3) is 3.61. The molecular weight excluding hydrogens is 576 g/mol. The number of aromatic nitrogens is 3. The Labute approximate surface area is 271 Å². The number of fused-ring (bicyclic) bond motifs is 9. The van der Waals surface area contributed by atoms with Crippen LogP contribution in [0.2, 0.25) is 0 Å². The van der Waals surface area contributed by atoms with Gasteiger partial charge in [0, 0.05) is 33.9 Å². The minimum Gasteiger partial charge on any atom is -0.297 e. The fourth-order valence-corrected chi connectivity index (χ4v) is 8.12. The Kier molecular flexibility index (Phi) is 5.36. The van der Waals surface area contributed by atoms with Crippen molar-refractivity contribution in [2.45, 2.75) is 32.0 Å². The van der Waals surface area contributed by atoms with Gasteiger partial charge in [-0.2, -0.15) is 0 Å². The summed E-state index contributed by atoms with van der Waals surface area (Å²) in [5.74, 6) is 0.862. The highest BCUT2D eigenvalue weighted by Gasteiger charge is 2.36. The Morgan fingerprint density at radius 1 is 0.574 bits per heavy atom. The highest BCUT2D eigenvalue weighted by atomic mass is 15.5. The van der Waals surface area contributed by atoms with E-state index in [9.17, 15) is 0 Å². The molecule has 1 aliphatic carbocycles. The number of nitrogens with one attached hydrogen (secondary N) is 1. The molecule has 0 radical (unpaired) electrons. The maximum Gasteiger partial charge on any atom is 0.235 e. The van der Waals surface area contributed by atoms with E-state index in [1.165, 1.54) is 38.2 Å². The van der Waals surface area contributed by atoms with E-state index in [1.54, 1.807) is 0 Å². The van der Waals surface area contributed by atoms with E-state index in [-0.39, 0.29) is 0 Å². The van der Waals surface area contributed by atoms with Gasteiger partial charge in [0.25, 0.3) is 0 Å². The van der Waals surface area contributed by atoms with E-state index in [1.807, 2.05) is 0 Å². The third-order valence-electron chi connectivity index (χ3n) is 10.1. The van der Waals surface area contributed by atoms with Crippen molar-refractivity contribution in [2.75, 3.05) is 0 Å². The standard InChI is InChI=1S/C41H32N6/c1-26-14-13-25-37-38(26)31-19-7-10-22-34(31)46(37)40-42-39(45-32-20-8-3-15-27(32)28-16-4-9-21-33(28)45)43-41(2,44-40)47-35-23-11-5-17-29(35)30-18-6-12-24-36(30)47/h3-13,15-26H,14H2,1-2H3,(H,42,43,44). The average molecular weight is 609 g/mol. The smallest absolute Gasteiger partial charge is 0.235 e. The molecule has 0 fully saturated rings. The summed E-state index contributed by atoms with van der Waals surface area (Å²) in [6.07, 6.45) is 5.58. The van der Waals surface area contributed by atoms with Gasteiger partial charge in [-0.05, 0) is 54.3 Å². The number of rotatable bonds is 1. The van der Waals surface area contributed by atoms with E-state index in [0.29, 0.717) is 5.92 Å². The van der Waals surface area contributed by atoms with Crippen LogP contribution in [0.15, 0.2) is 137 Å². The zero-order valence-electron chi connectivity index (χ0n) is 26.2. The summed E-state index contributed by atoms with van der Waals surface area (Å²) in [5, 5.41) is 9.82. The maximum atomic E-state index is 5.60. The predicted octanol–water partition coefficient (Wildman–Crippen LogP) is 9.42. The fourth-order valence-electron chi connectivity index (χ4n) is 8.12. The first-order chi connectivity index (χ1) is 23.1. The Balaban J connectivity index is 1.33. The molecule has 4 heterocycles. The topological polar surface area (TPSA) is 51.5 Å². The number of benzene rings is 5. The lowest BCUT2D eigenvalue weighted by Gasteiger charge is -2.33. The lowest BCUT2D eigenvalue weighted by molar-refractivity contribution is 0.367. The van der Waals surface area contributed by atoms with E-state index >= 15 is 0 Å². The highest BCUT2D eigenvalue weighted by Crippen LogP contribution is 2.41. The molecule has 0 saturated carbocycles. The normalized spacial score (nSPS) is 19.4. The second-order valence-electron chi connectivity index (χ2n) is 12.9. The number of aliphatic imine (C=N–C) groups is 2. The summed E-state index contributed by atoms with van der Waals surface area (Å²) >= 11 is 0. The van der Waals surface area contributed by atoms with Crippen LogP contribution in [0.25, 0.3) is 60.6 Å².